The van der Waals surface area contributed by atoms with Crippen LogP contribution in [0.15, 0.2) is 24.5 Å². The smallest absolute Gasteiger partial charge is 0.229 e. The summed E-state index contributed by atoms with van der Waals surface area (Å²) in [5.41, 5.74) is 4.17. The quantitative estimate of drug-likeness (QED) is 0.947. The largest absolute Gasteiger partial charge is 0.342 e. The Balaban J connectivity index is 1.72. The summed E-state index contributed by atoms with van der Waals surface area (Å²) in [7, 11) is 0. The van der Waals surface area contributed by atoms with Gasteiger partial charge in [0.05, 0.1) is 11.6 Å². The zero-order valence-electron chi connectivity index (χ0n) is 13.3. The Morgan fingerprint density at radius 1 is 1.45 bits per heavy atom. The van der Waals surface area contributed by atoms with E-state index in [4.69, 9.17) is 0 Å². The van der Waals surface area contributed by atoms with E-state index in [9.17, 15) is 4.79 Å². The molecule has 0 aliphatic carbocycles. The number of nitrogens with zero attached hydrogens (tertiary/aromatic N) is 3. The third kappa shape index (κ3) is 2.63. The van der Waals surface area contributed by atoms with Gasteiger partial charge in [-0.1, -0.05) is 6.07 Å². The van der Waals surface area contributed by atoms with Crippen LogP contribution in [0.25, 0.3) is 0 Å². The fourth-order valence-electron chi connectivity index (χ4n) is 3.44. The van der Waals surface area contributed by atoms with E-state index >= 15 is 0 Å². The molecule has 3 rings (SSSR count). The van der Waals surface area contributed by atoms with Crippen molar-refractivity contribution in [1.29, 1.82) is 0 Å². The number of amides is 1. The molecule has 22 heavy (non-hydrogen) atoms. The number of likely N-dealkylation sites (tertiary alicyclic amines) is 1. The molecule has 1 aliphatic heterocycles. The average Bonchev–Trinajstić information content (AvgIpc) is 3.14. The Labute approximate surface area is 130 Å². The lowest BCUT2D eigenvalue weighted by Crippen LogP contribution is -2.32. The van der Waals surface area contributed by atoms with Crippen molar-refractivity contribution in [1.82, 2.24) is 20.1 Å². The van der Waals surface area contributed by atoms with Crippen LogP contribution in [-0.2, 0) is 4.79 Å². The summed E-state index contributed by atoms with van der Waals surface area (Å²) in [6.45, 7) is 7.50. The van der Waals surface area contributed by atoms with E-state index in [2.05, 4.69) is 21.2 Å². The minimum atomic E-state index is -0.147. The first-order valence-corrected chi connectivity index (χ1v) is 7.78. The fraction of sp³-hybridized carbons (Fsp3) is 0.471. The number of rotatable bonds is 3. The van der Waals surface area contributed by atoms with E-state index in [0.29, 0.717) is 5.92 Å². The highest BCUT2D eigenvalue weighted by Gasteiger charge is 2.32. The van der Waals surface area contributed by atoms with Crippen molar-refractivity contribution in [3.05, 3.63) is 47.0 Å². The molecule has 5 nitrogen and oxygen atoms in total. The lowest BCUT2D eigenvalue weighted by Gasteiger charge is -2.21. The van der Waals surface area contributed by atoms with Gasteiger partial charge < -0.3 is 4.90 Å². The molecule has 1 saturated heterocycles. The Bertz CT molecular complexity index is 645. The second-order valence-electron chi connectivity index (χ2n) is 6.13. The first-order valence-electron chi connectivity index (χ1n) is 7.78. The topological polar surface area (TPSA) is 61.9 Å². The zero-order valence-corrected chi connectivity index (χ0v) is 13.3. The predicted octanol–water partition coefficient (Wildman–Crippen LogP) is 2.54. The van der Waals surface area contributed by atoms with Crippen LogP contribution in [0.4, 0.5) is 0 Å². The van der Waals surface area contributed by atoms with Gasteiger partial charge in [-0.05, 0) is 38.8 Å². The van der Waals surface area contributed by atoms with Crippen molar-refractivity contribution in [2.45, 2.75) is 39.0 Å². The standard InChI is InChI=1S/C17H22N4O/c1-11(16-12(2)19-20-13(16)3)17(22)21-8-6-15(10-21)14-5-4-7-18-9-14/h4-5,7,9,11,15H,6,8,10H2,1-3H3,(H,19,20). The van der Waals surface area contributed by atoms with Gasteiger partial charge >= 0.3 is 0 Å². The molecule has 0 saturated carbocycles. The summed E-state index contributed by atoms with van der Waals surface area (Å²) >= 11 is 0. The maximum Gasteiger partial charge on any atom is 0.229 e. The van der Waals surface area contributed by atoms with Crippen molar-refractivity contribution < 1.29 is 4.79 Å². The van der Waals surface area contributed by atoms with Crippen LogP contribution in [0.1, 0.15) is 47.7 Å². The first-order chi connectivity index (χ1) is 10.6. The highest BCUT2D eigenvalue weighted by Crippen LogP contribution is 2.30. The lowest BCUT2D eigenvalue weighted by molar-refractivity contribution is -0.131. The van der Waals surface area contributed by atoms with Crippen LogP contribution in [-0.4, -0.2) is 39.1 Å². The molecular weight excluding hydrogens is 276 g/mol. The third-order valence-corrected chi connectivity index (χ3v) is 4.64. The number of aryl methyl sites for hydroxylation is 2. The molecule has 1 N–H and O–H groups in total. The number of aromatic amines is 1. The molecule has 0 bridgehead atoms. The number of aromatic nitrogens is 3. The number of carbonyl (C=O) groups is 1. The maximum atomic E-state index is 12.8. The van der Waals surface area contributed by atoms with Crippen LogP contribution in [0.5, 0.6) is 0 Å². The normalized spacial score (nSPS) is 19.4. The van der Waals surface area contributed by atoms with Gasteiger partial charge in [-0.25, -0.2) is 0 Å². The van der Waals surface area contributed by atoms with E-state index in [1.807, 2.05) is 37.9 Å². The molecular formula is C17H22N4O. The van der Waals surface area contributed by atoms with Crippen LogP contribution < -0.4 is 0 Å². The summed E-state index contributed by atoms with van der Waals surface area (Å²) in [6.07, 6.45) is 4.70. The second kappa shape index (κ2) is 5.91. The Kier molecular flexibility index (Phi) is 3.96. The van der Waals surface area contributed by atoms with Crippen molar-refractivity contribution in [2.24, 2.45) is 0 Å². The molecule has 3 heterocycles. The molecule has 1 aliphatic rings. The summed E-state index contributed by atoms with van der Waals surface area (Å²) < 4.78 is 0. The number of nitrogens with one attached hydrogen (secondary N) is 1. The van der Waals surface area contributed by atoms with Gasteiger partial charge in [0.1, 0.15) is 0 Å². The molecule has 5 heteroatoms. The van der Waals surface area contributed by atoms with Crippen LogP contribution in [0.3, 0.4) is 0 Å². The van der Waals surface area contributed by atoms with Gasteiger partial charge in [0.25, 0.3) is 0 Å². The highest BCUT2D eigenvalue weighted by molar-refractivity contribution is 5.84. The van der Waals surface area contributed by atoms with Gasteiger partial charge in [0.15, 0.2) is 0 Å². The van der Waals surface area contributed by atoms with E-state index in [-0.39, 0.29) is 11.8 Å². The summed E-state index contributed by atoms with van der Waals surface area (Å²) in [6, 6.07) is 4.06. The lowest BCUT2D eigenvalue weighted by atomic mass is 9.97. The van der Waals surface area contributed by atoms with E-state index in [1.165, 1.54) is 5.56 Å². The first kappa shape index (κ1) is 14.8. The number of carbonyl (C=O) groups excluding carboxylic acids is 1. The molecule has 1 amide bonds. The molecule has 2 aromatic rings. The maximum absolute atomic E-state index is 12.8. The average molecular weight is 298 g/mol. The van der Waals surface area contributed by atoms with Crippen molar-refractivity contribution >= 4 is 5.91 Å². The van der Waals surface area contributed by atoms with E-state index in [0.717, 1.165) is 36.5 Å². The van der Waals surface area contributed by atoms with Gasteiger partial charge in [-0.3, -0.25) is 14.9 Å². The van der Waals surface area contributed by atoms with Crippen LogP contribution in [0.2, 0.25) is 0 Å². The Hall–Kier alpha value is -2.17. The van der Waals surface area contributed by atoms with E-state index in [1.54, 1.807) is 6.20 Å². The SMILES string of the molecule is Cc1n[nH]c(C)c1C(C)C(=O)N1CCC(c2cccnc2)C1. The molecule has 0 radical (unpaired) electrons. The molecule has 1 fully saturated rings. The van der Waals surface area contributed by atoms with Gasteiger partial charge in [0.2, 0.25) is 5.91 Å². The zero-order chi connectivity index (χ0) is 15.7. The molecule has 0 spiro atoms. The monoisotopic (exact) mass is 298 g/mol. The van der Waals surface area contributed by atoms with Gasteiger partial charge in [-0.2, -0.15) is 5.10 Å². The summed E-state index contributed by atoms with van der Waals surface area (Å²) in [4.78, 5) is 19.0. The summed E-state index contributed by atoms with van der Waals surface area (Å²) in [5.74, 6) is 0.446. The van der Waals surface area contributed by atoms with Crippen LogP contribution in [0, 0.1) is 13.8 Å². The predicted molar refractivity (Wildman–Crippen MR) is 84.7 cm³/mol. The molecule has 0 aromatic carbocycles. The third-order valence-electron chi connectivity index (χ3n) is 4.64. The Morgan fingerprint density at radius 3 is 2.91 bits per heavy atom. The summed E-state index contributed by atoms with van der Waals surface area (Å²) in [5, 5.41) is 7.17. The van der Waals surface area contributed by atoms with Crippen LogP contribution >= 0.6 is 0 Å². The fourth-order valence-corrected chi connectivity index (χ4v) is 3.44. The minimum absolute atomic E-state index is 0.147. The number of hydrogen-bond acceptors (Lipinski definition) is 3. The number of pyridine rings is 1. The highest BCUT2D eigenvalue weighted by atomic mass is 16.2. The van der Waals surface area contributed by atoms with Gasteiger partial charge in [-0.15, -0.1) is 0 Å². The molecule has 2 aromatic heterocycles. The second-order valence-corrected chi connectivity index (χ2v) is 6.13. The Morgan fingerprint density at radius 2 is 2.27 bits per heavy atom. The molecule has 116 valence electrons. The number of H-pyrrole nitrogens is 1. The van der Waals surface area contributed by atoms with Crippen molar-refractivity contribution in [2.75, 3.05) is 13.1 Å². The minimum Gasteiger partial charge on any atom is -0.342 e. The molecule has 2 unspecified atom stereocenters. The van der Waals surface area contributed by atoms with Crippen molar-refractivity contribution in [3.63, 3.8) is 0 Å². The van der Waals surface area contributed by atoms with Crippen molar-refractivity contribution in [3.8, 4) is 0 Å². The number of hydrogen-bond donors (Lipinski definition) is 1. The molecule has 2 atom stereocenters. The van der Waals surface area contributed by atoms with E-state index < -0.39 is 0 Å². The van der Waals surface area contributed by atoms with Gasteiger partial charge in [0, 0.05) is 42.7 Å².